The van der Waals surface area contributed by atoms with E-state index in [0.29, 0.717) is 5.69 Å². The van der Waals surface area contributed by atoms with Gasteiger partial charge in [-0.3, -0.25) is 4.79 Å². The summed E-state index contributed by atoms with van der Waals surface area (Å²) < 4.78 is 34.6. The minimum atomic E-state index is -4.67. The van der Waals surface area contributed by atoms with E-state index in [1.54, 1.807) is 12.1 Å². The van der Waals surface area contributed by atoms with E-state index < -0.39 is 15.5 Å². The van der Waals surface area contributed by atoms with Gasteiger partial charge in [0.25, 0.3) is 0 Å². The monoisotopic (exact) mass is 286 g/mol. The van der Waals surface area contributed by atoms with Crippen LogP contribution in [0.2, 0.25) is 0 Å². The van der Waals surface area contributed by atoms with Crippen LogP contribution in [0.4, 0.5) is 15.3 Å². The molecule has 0 aliphatic carbocycles. The van der Waals surface area contributed by atoms with Crippen molar-refractivity contribution in [1.82, 2.24) is 0 Å². The molecule has 0 aromatic heterocycles. The van der Waals surface area contributed by atoms with Crippen molar-refractivity contribution in [3.63, 3.8) is 0 Å². The molecule has 0 radical (unpaired) electrons. The molecular formula is C12H15FN2O3S. The summed E-state index contributed by atoms with van der Waals surface area (Å²) in [4.78, 5) is 14.9. The molecule has 1 aromatic carbocycles. The number of halogens is 1. The maximum absolute atomic E-state index is 12.9. The van der Waals surface area contributed by atoms with Gasteiger partial charge < -0.3 is 9.80 Å². The van der Waals surface area contributed by atoms with Crippen molar-refractivity contribution < 1.29 is 17.1 Å². The summed E-state index contributed by atoms with van der Waals surface area (Å²) in [6.07, 6.45) is -0.297. The van der Waals surface area contributed by atoms with Crippen molar-refractivity contribution in [2.45, 2.75) is 11.7 Å². The maximum atomic E-state index is 12.9. The van der Waals surface area contributed by atoms with Gasteiger partial charge in [0.1, 0.15) is 5.25 Å². The quantitative estimate of drug-likeness (QED) is 0.782. The Hall–Kier alpha value is -1.63. The average molecular weight is 286 g/mol. The van der Waals surface area contributed by atoms with Crippen LogP contribution >= 0.6 is 0 Å². The zero-order chi connectivity index (χ0) is 14.2. The second-order valence-electron chi connectivity index (χ2n) is 4.72. The Labute approximate surface area is 111 Å². The molecule has 1 amide bonds. The third kappa shape index (κ3) is 2.86. The highest BCUT2D eigenvalue weighted by Crippen LogP contribution is 2.27. The predicted molar refractivity (Wildman–Crippen MR) is 71.6 cm³/mol. The highest BCUT2D eigenvalue weighted by molar-refractivity contribution is 7.87. The fourth-order valence-corrected chi connectivity index (χ4v) is 2.71. The number of carbonyl (C=O) groups excluding carboxylic acids is 1. The van der Waals surface area contributed by atoms with Crippen LogP contribution in [0.1, 0.15) is 6.42 Å². The molecular weight excluding hydrogens is 271 g/mol. The first kappa shape index (κ1) is 13.8. The molecule has 0 saturated carbocycles. The van der Waals surface area contributed by atoms with Crippen LogP contribution < -0.4 is 9.80 Å². The lowest BCUT2D eigenvalue weighted by Crippen LogP contribution is -2.26. The highest BCUT2D eigenvalue weighted by atomic mass is 32.3. The van der Waals surface area contributed by atoms with Gasteiger partial charge in [0.05, 0.1) is 0 Å². The van der Waals surface area contributed by atoms with Gasteiger partial charge in [-0.2, -0.15) is 8.42 Å². The van der Waals surface area contributed by atoms with Crippen molar-refractivity contribution in [1.29, 1.82) is 0 Å². The third-order valence-corrected chi connectivity index (χ3v) is 4.28. The molecule has 0 bridgehead atoms. The molecule has 1 aromatic rings. The van der Waals surface area contributed by atoms with Crippen LogP contribution in [0.15, 0.2) is 24.3 Å². The lowest BCUT2D eigenvalue weighted by atomic mass is 10.2. The van der Waals surface area contributed by atoms with E-state index in [1.807, 2.05) is 31.1 Å². The number of amides is 1. The number of hydrogen-bond acceptors (Lipinski definition) is 4. The summed E-state index contributed by atoms with van der Waals surface area (Å²) in [6.45, 7) is -0.126. The smallest absolute Gasteiger partial charge is 0.307 e. The Kier molecular flexibility index (Phi) is 3.49. The summed E-state index contributed by atoms with van der Waals surface area (Å²) in [5.74, 6) is -0.371. The summed E-state index contributed by atoms with van der Waals surface area (Å²) in [5, 5.41) is -1.26. The summed E-state index contributed by atoms with van der Waals surface area (Å²) in [7, 11) is -0.888. The summed E-state index contributed by atoms with van der Waals surface area (Å²) in [6, 6.07) is 7.08. The molecule has 1 saturated heterocycles. The van der Waals surface area contributed by atoms with Crippen LogP contribution in [-0.4, -0.2) is 40.2 Å². The molecule has 19 heavy (non-hydrogen) atoms. The Balaban J connectivity index is 2.21. The number of carbonyl (C=O) groups is 1. The number of anilines is 2. The van der Waals surface area contributed by atoms with E-state index >= 15 is 0 Å². The molecule has 1 heterocycles. The van der Waals surface area contributed by atoms with E-state index in [1.165, 1.54) is 4.90 Å². The first-order chi connectivity index (χ1) is 8.79. The van der Waals surface area contributed by atoms with Gasteiger partial charge in [-0.25, -0.2) is 0 Å². The Morgan fingerprint density at radius 3 is 2.26 bits per heavy atom. The van der Waals surface area contributed by atoms with E-state index in [4.69, 9.17) is 0 Å². The van der Waals surface area contributed by atoms with E-state index in [0.717, 1.165) is 5.69 Å². The van der Waals surface area contributed by atoms with Crippen molar-refractivity contribution in [3.05, 3.63) is 24.3 Å². The lowest BCUT2D eigenvalue weighted by molar-refractivity contribution is -0.117. The summed E-state index contributed by atoms with van der Waals surface area (Å²) in [5.41, 5.74) is 1.55. The van der Waals surface area contributed by atoms with Crippen molar-refractivity contribution >= 4 is 27.5 Å². The van der Waals surface area contributed by atoms with E-state index in [2.05, 4.69) is 0 Å². The molecule has 1 unspecified atom stereocenters. The van der Waals surface area contributed by atoms with Crippen molar-refractivity contribution in [2.75, 3.05) is 30.4 Å². The fraction of sp³-hybridized carbons (Fsp3) is 0.417. The van der Waals surface area contributed by atoms with Crippen LogP contribution in [0.25, 0.3) is 0 Å². The zero-order valence-electron chi connectivity index (χ0n) is 10.7. The fourth-order valence-electron chi connectivity index (χ4n) is 2.04. The normalized spacial score (nSPS) is 19.8. The zero-order valence-corrected chi connectivity index (χ0v) is 11.5. The number of rotatable bonds is 3. The lowest BCUT2D eigenvalue weighted by Gasteiger charge is -2.18. The molecule has 5 nitrogen and oxygen atoms in total. The maximum Gasteiger partial charge on any atom is 0.307 e. The Morgan fingerprint density at radius 2 is 1.84 bits per heavy atom. The molecule has 1 aliphatic heterocycles. The van der Waals surface area contributed by atoms with Gasteiger partial charge in [0, 0.05) is 38.4 Å². The molecule has 0 N–H and O–H groups in total. The SMILES string of the molecule is CN(C)c1ccc(N2CC(S(=O)(=O)F)CC2=O)cc1. The predicted octanol–water partition coefficient (Wildman–Crippen LogP) is 1.16. The van der Waals surface area contributed by atoms with Crippen LogP contribution in [0.5, 0.6) is 0 Å². The number of hydrogen-bond donors (Lipinski definition) is 0. The highest BCUT2D eigenvalue weighted by Gasteiger charge is 2.38. The molecule has 104 valence electrons. The molecule has 7 heteroatoms. The Morgan fingerprint density at radius 1 is 1.26 bits per heavy atom. The topological polar surface area (TPSA) is 57.7 Å². The van der Waals surface area contributed by atoms with Crippen molar-refractivity contribution in [3.8, 4) is 0 Å². The first-order valence-electron chi connectivity index (χ1n) is 5.80. The van der Waals surface area contributed by atoms with Crippen molar-refractivity contribution in [2.24, 2.45) is 0 Å². The second-order valence-corrected chi connectivity index (χ2v) is 6.33. The number of nitrogens with zero attached hydrogens (tertiary/aromatic N) is 2. The van der Waals surface area contributed by atoms with Crippen LogP contribution in [-0.2, 0) is 15.0 Å². The molecule has 1 aliphatic rings. The van der Waals surface area contributed by atoms with Crippen LogP contribution in [0, 0.1) is 0 Å². The molecule has 1 fully saturated rings. The third-order valence-electron chi connectivity index (χ3n) is 3.17. The van der Waals surface area contributed by atoms with E-state index in [9.17, 15) is 17.1 Å². The van der Waals surface area contributed by atoms with Gasteiger partial charge in [0.2, 0.25) is 5.91 Å². The van der Waals surface area contributed by atoms with Gasteiger partial charge in [-0.05, 0) is 24.3 Å². The Bertz CT molecular complexity index is 583. The molecule has 2 rings (SSSR count). The first-order valence-corrected chi connectivity index (χ1v) is 7.25. The largest absolute Gasteiger partial charge is 0.378 e. The second kappa shape index (κ2) is 4.80. The number of benzene rings is 1. The molecule has 0 spiro atoms. The summed E-state index contributed by atoms with van der Waals surface area (Å²) >= 11 is 0. The van der Waals surface area contributed by atoms with Gasteiger partial charge >= 0.3 is 10.2 Å². The van der Waals surface area contributed by atoms with Crippen LogP contribution in [0.3, 0.4) is 0 Å². The van der Waals surface area contributed by atoms with Gasteiger partial charge in [-0.15, -0.1) is 3.89 Å². The minimum Gasteiger partial charge on any atom is -0.378 e. The average Bonchev–Trinajstić information content (AvgIpc) is 2.71. The van der Waals surface area contributed by atoms with E-state index in [-0.39, 0.29) is 18.9 Å². The van der Waals surface area contributed by atoms with Gasteiger partial charge in [0.15, 0.2) is 0 Å². The van der Waals surface area contributed by atoms with Gasteiger partial charge in [-0.1, -0.05) is 0 Å². The standard InChI is InChI=1S/C12H15FN2O3S/c1-14(2)9-3-5-10(6-4-9)15-8-11(7-12(15)16)19(13,17)18/h3-6,11H,7-8H2,1-2H3. The minimum absolute atomic E-state index is 0.126. The molecule has 1 atom stereocenters.